The second-order valence-electron chi connectivity index (χ2n) is 9.12. The summed E-state index contributed by atoms with van der Waals surface area (Å²) < 4.78 is 113. The molecule has 0 fully saturated rings. The molecule has 0 aliphatic carbocycles. The molecular weight excluding hydrogens is 548 g/mol. The monoisotopic (exact) mass is 578 g/mol. The zero-order valence-corrected chi connectivity index (χ0v) is 21.5. The normalized spacial score (nSPS) is 15.0. The van der Waals surface area contributed by atoms with Gasteiger partial charge in [0.1, 0.15) is 17.1 Å². The molecule has 0 heterocycles. The molecule has 0 aliphatic heterocycles. The van der Waals surface area contributed by atoms with Crippen molar-refractivity contribution in [3.63, 3.8) is 0 Å². The van der Waals surface area contributed by atoms with Crippen molar-refractivity contribution >= 4 is 22.8 Å². The number of benzene rings is 1. The third kappa shape index (κ3) is 11.3. The van der Waals surface area contributed by atoms with Gasteiger partial charge in [-0.3, -0.25) is 4.79 Å². The lowest BCUT2D eigenvalue weighted by Crippen LogP contribution is -2.40. The van der Waals surface area contributed by atoms with E-state index in [1.807, 2.05) is 0 Å². The molecule has 1 unspecified atom stereocenters. The highest BCUT2D eigenvalue weighted by Gasteiger charge is 2.56. The van der Waals surface area contributed by atoms with E-state index in [9.17, 15) is 49.6 Å². The van der Waals surface area contributed by atoms with E-state index in [4.69, 9.17) is 5.26 Å². The number of nitrogens with zero attached hydrogens (tertiary/aromatic N) is 1. The van der Waals surface area contributed by atoms with E-state index in [1.165, 1.54) is 13.0 Å². The Morgan fingerprint density at radius 1 is 0.947 bits per heavy atom. The minimum atomic E-state index is -5.61. The number of hydrogen-bond donors (Lipinski definition) is 2. The van der Waals surface area contributed by atoms with E-state index in [1.54, 1.807) is 0 Å². The van der Waals surface area contributed by atoms with Gasteiger partial charge in [-0.1, -0.05) is 36.9 Å². The second-order valence-corrected chi connectivity index (χ2v) is 10.8. The molecule has 0 bridgehead atoms. The third-order valence-corrected chi connectivity index (χ3v) is 7.24. The number of carbonyl (C=O) groups excluding carboxylic acids is 1. The molecule has 14 heteroatoms. The average Bonchev–Trinajstić information content (AvgIpc) is 2.79. The number of unbranched alkanes of at least 4 members (excludes halogenated alkanes) is 5. The van der Waals surface area contributed by atoms with Crippen LogP contribution in [0.1, 0.15) is 75.8 Å². The SMILES string of the molecule is C[C@](O)(CCCCCCCC[S+]([O-])CCCC(F)(F)C(F)(F)F)C(=O)Nc1ccc(C#N)c(C(F)(F)F)c1. The van der Waals surface area contributed by atoms with Crippen molar-refractivity contribution < 1.29 is 49.6 Å². The molecule has 0 spiro atoms. The summed E-state index contributed by atoms with van der Waals surface area (Å²) in [6.07, 6.45) is -8.64. The Balaban J connectivity index is 2.29. The van der Waals surface area contributed by atoms with E-state index in [-0.39, 0.29) is 23.6 Å². The Bertz CT molecular complexity index is 946. The summed E-state index contributed by atoms with van der Waals surface area (Å²) in [5, 5.41) is 21.5. The van der Waals surface area contributed by atoms with Crippen LogP contribution < -0.4 is 5.32 Å². The lowest BCUT2D eigenvalue weighted by molar-refractivity contribution is -0.284. The molecule has 0 saturated heterocycles. The summed E-state index contributed by atoms with van der Waals surface area (Å²) in [4.78, 5) is 12.4. The average molecular weight is 579 g/mol. The highest BCUT2D eigenvalue weighted by molar-refractivity contribution is 7.91. The van der Waals surface area contributed by atoms with Gasteiger partial charge < -0.3 is 15.0 Å². The number of alkyl halides is 8. The van der Waals surface area contributed by atoms with Crippen LogP contribution >= 0.6 is 0 Å². The first-order valence-corrected chi connectivity index (χ1v) is 13.3. The number of nitrogens with one attached hydrogen (secondary N) is 1. The van der Waals surface area contributed by atoms with E-state index in [0.29, 0.717) is 44.6 Å². The molecule has 2 atom stereocenters. The number of halogens is 8. The van der Waals surface area contributed by atoms with Crippen LogP contribution in [0, 0.1) is 11.3 Å². The molecule has 216 valence electrons. The van der Waals surface area contributed by atoms with E-state index in [2.05, 4.69) is 5.32 Å². The van der Waals surface area contributed by atoms with Crippen molar-refractivity contribution in [2.24, 2.45) is 0 Å². The van der Waals surface area contributed by atoms with Gasteiger partial charge in [0.2, 0.25) is 0 Å². The molecule has 0 saturated carbocycles. The molecule has 0 aromatic heterocycles. The molecule has 1 aromatic carbocycles. The van der Waals surface area contributed by atoms with Gasteiger partial charge in [0.15, 0.2) is 0 Å². The molecular formula is C24H30F8N2O3S. The van der Waals surface area contributed by atoms with Gasteiger partial charge in [-0.25, -0.2) is 0 Å². The first kappa shape index (κ1) is 33.9. The summed E-state index contributed by atoms with van der Waals surface area (Å²) in [6.45, 7) is 1.23. The van der Waals surface area contributed by atoms with E-state index >= 15 is 0 Å². The predicted octanol–water partition coefficient (Wildman–Crippen LogP) is 6.72. The Morgan fingerprint density at radius 2 is 1.50 bits per heavy atom. The molecule has 1 aromatic rings. The maximum Gasteiger partial charge on any atom is 0.453 e. The molecule has 0 aliphatic rings. The Kier molecular flexibility index (Phi) is 12.8. The summed E-state index contributed by atoms with van der Waals surface area (Å²) in [6, 6.07) is 4.11. The minimum absolute atomic E-state index is 0.0355. The fourth-order valence-electron chi connectivity index (χ4n) is 3.47. The fourth-order valence-corrected chi connectivity index (χ4v) is 4.67. The van der Waals surface area contributed by atoms with Gasteiger partial charge in [-0.2, -0.15) is 40.4 Å². The Morgan fingerprint density at radius 3 is 2.05 bits per heavy atom. The molecule has 0 radical (unpaired) electrons. The van der Waals surface area contributed by atoms with Crippen LogP contribution in [0.5, 0.6) is 0 Å². The van der Waals surface area contributed by atoms with Gasteiger partial charge >= 0.3 is 18.3 Å². The smallest absolute Gasteiger partial charge is 0.453 e. The van der Waals surface area contributed by atoms with Crippen molar-refractivity contribution in [2.75, 3.05) is 16.8 Å². The van der Waals surface area contributed by atoms with Gasteiger partial charge in [0.25, 0.3) is 5.91 Å². The maximum atomic E-state index is 13.1. The largest absolute Gasteiger partial charge is 0.616 e. The van der Waals surface area contributed by atoms with Crippen molar-refractivity contribution in [2.45, 2.75) is 88.6 Å². The summed E-state index contributed by atoms with van der Waals surface area (Å²) in [5.41, 5.74) is -3.87. The highest BCUT2D eigenvalue weighted by Crippen LogP contribution is 2.39. The number of anilines is 1. The lowest BCUT2D eigenvalue weighted by Gasteiger charge is -2.22. The van der Waals surface area contributed by atoms with Gasteiger partial charge in [-0.15, -0.1) is 0 Å². The first-order valence-electron chi connectivity index (χ1n) is 11.9. The Labute approximate surface area is 218 Å². The van der Waals surface area contributed by atoms with Crippen molar-refractivity contribution in [1.29, 1.82) is 5.26 Å². The van der Waals surface area contributed by atoms with Crippen LogP contribution in [-0.2, 0) is 22.1 Å². The molecule has 5 nitrogen and oxygen atoms in total. The maximum absolute atomic E-state index is 13.1. The van der Waals surface area contributed by atoms with Gasteiger partial charge in [0, 0.05) is 12.1 Å². The third-order valence-electron chi connectivity index (χ3n) is 5.76. The van der Waals surface area contributed by atoms with Gasteiger partial charge in [0.05, 0.1) is 17.2 Å². The first-order chi connectivity index (χ1) is 17.4. The van der Waals surface area contributed by atoms with Crippen LogP contribution in [0.2, 0.25) is 0 Å². The van der Waals surface area contributed by atoms with E-state index < -0.39 is 64.9 Å². The minimum Gasteiger partial charge on any atom is -0.616 e. The summed E-state index contributed by atoms with van der Waals surface area (Å²) in [7, 11) is 0. The van der Waals surface area contributed by atoms with Crippen LogP contribution in [0.25, 0.3) is 0 Å². The number of rotatable bonds is 15. The lowest BCUT2D eigenvalue weighted by atomic mass is 9.96. The number of amides is 1. The number of hydrogen-bond acceptors (Lipinski definition) is 4. The topological polar surface area (TPSA) is 96.2 Å². The molecule has 1 amide bonds. The van der Waals surface area contributed by atoms with Crippen molar-refractivity contribution in [1.82, 2.24) is 0 Å². The van der Waals surface area contributed by atoms with Crippen LogP contribution in [0.15, 0.2) is 18.2 Å². The van der Waals surface area contributed by atoms with Crippen LogP contribution in [0.4, 0.5) is 40.8 Å². The number of aliphatic hydroxyl groups is 1. The summed E-state index contributed by atoms with van der Waals surface area (Å²) in [5.74, 6) is -5.73. The highest BCUT2D eigenvalue weighted by atomic mass is 32.2. The number of nitriles is 1. The number of carbonyl (C=O) groups is 1. The fraction of sp³-hybridized carbons (Fsp3) is 0.667. The van der Waals surface area contributed by atoms with Crippen LogP contribution in [0.3, 0.4) is 0 Å². The second kappa shape index (κ2) is 14.3. The molecule has 2 N–H and O–H groups in total. The van der Waals surface area contributed by atoms with Crippen molar-refractivity contribution in [3.8, 4) is 6.07 Å². The molecule has 38 heavy (non-hydrogen) atoms. The zero-order valence-electron chi connectivity index (χ0n) is 20.7. The predicted molar refractivity (Wildman–Crippen MR) is 126 cm³/mol. The van der Waals surface area contributed by atoms with Gasteiger partial charge in [-0.05, 0) is 50.8 Å². The quantitative estimate of drug-likeness (QED) is 0.137. The zero-order chi connectivity index (χ0) is 29.2. The standard InChI is InChI=1S/C24H30F8N2O3S/c1-21(36,20(35)34-18-10-9-17(16-33)19(15-18)23(27,28)29)11-6-4-2-3-5-7-13-38(37)14-8-12-22(25,26)24(30,31)32/h9-10,15,36H,2-8,11-14H2,1H3,(H,34,35)/t21-,38?/m0/s1. The Hall–Kier alpha value is -2.11. The van der Waals surface area contributed by atoms with Crippen molar-refractivity contribution in [3.05, 3.63) is 29.3 Å². The van der Waals surface area contributed by atoms with E-state index in [0.717, 1.165) is 12.1 Å². The molecule has 1 rings (SSSR count). The van der Waals surface area contributed by atoms with Crippen LogP contribution in [-0.4, -0.2) is 44.8 Å². The summed E-state index contributed by atoms with van der Waals surface area (Å²) >= 11 is -1.49.